The predicted molar refractivity (Wildman–Crippen MR) is 105 cm³/mol. The minimum Gasteiger partial charge on any atom is -0.497 e. The van der Waals surface area contributed by atoms with Gasteiger partial charge in [-0.15, -0.1) is 0 Å². The average molecular weight is 347 g/mol. The molecule has 2 aromatic carbocycles. The summed E-state index contributed by atoms with van der Waals surface area (Å²) in [6, 6.07) is 12.6. The summed E-state index contributed by atoms with van der Waals surface area (Å²) in [5, 5.41) is 0.782. The fourth-order valence-corrected chi connectivity index (χ4v) is 3.32. The van der Waals surface area contributed by atoms with E-state index in [-0.39, 0.29) is 0 Å². The van der Waals surface area contributed by atoms with Crippen LogP contribution >= 0.6 is 11.6 Å². The number of hydrogen-bond donors (Lipinski definition) is 0. The number of benzene rings is 2. The van der Waals surface area contributed by atoms with Gasteiger partial charge in [-0.1, -0.05) is 17.7 Å². The molecule has 0 aliphatic carbocycles. The van der Waals surface area contributed by atoms with E-state index in [1.807, 2.05) is 25.1 Å². The van der Waals surface area contributed by atoms with E-state index in [1.165, 1.54) is 16.8 Å². The highest BCUT2D eigenvalue weighted by Gasteiger charge is 2.12. The molecule has 0 saturated carbocycles. The molecule has 0 heterocycles. The quantitative estimate of drug-likeness (QED) is 0.712. The Labute approximate surface area is 150 Å². The molecule has 3 nitrogen and oxygen atoms in total. The molecular weight excluding hydrogens is 320 g/mol. The SMILES string of the molecule is CCN(CC)c1ccc(OC)cc1Cc1ccc(N(C)C)c(Cl)c1. The smallest absolute Gasteiger partial charge is 0.119 e. The largest absolute Gasteiger partial charge is 0.497 e. The van der Waals surface area contributed by atoms with Crippen LogP contribution in [0.1, 0.15) is 25.0 Å². The van der Waals surface area contributed by atoms with Crippen LogP contribution in [0, 0.1) is 0 Å². The Bertz CT molecular complexity index is 681. The summed E-state index contributed by atoms with van der Waals surface area (Å²) in [6.45, 7) is 6.33. The Kier molecular flexibility index (Phi) is 6.38. The van der Waals surface area contributed by atoms with Gasteiger partial charge in [0.05, 0.1) is 17.8 Å². The van der Waals surface area contributed by atoms with Crippen molar-refractivity contribution < 1.29 is 4.74 Å². The van der Waals surface area contributed by atoms with Crippen LogP contribution in [0.5, 0.6) is 5.75 Å². The van der Waals surface area contributed by atoms with Gasteiger partial charge in [0.2, 0.25) is 0 Å². The van der Waals surface area contributed by atoms with Crippen LogP contribution < -0.4 is 14.5 Å². The van der Waals surface area contributed by atoms with Crippen molar-refractivity contribution in [2.45, 2.75) is 20.3 Å². The molecule has 24 heavy (non-hydrogen) atoms. The van der Waals surface area contributed by atoms with Crippen LogP contribution in [0.15, 0.2) is 36.4 Å². The van der Waals surface area contributed by atoms with Gasteiger partial charge >= 0.3 is 0 Å². The van der Waals surface area contributed by atoms with E-state index in [0.717, 1.165) is 36.0 Å². The third kappa shape index (κ3) is 4.15. The van der Waals surface area contributed by atoms with Crippen molar-refractivity contribution in [3.63, 3.8) is 0 Å². The van der Waals surface area contributed by atoms with E-state index >= 15 is 0 Å². The normalized spacial score (nSPS) is 10.6. The number of methoxy groups -OCH3 is 1. The van der Waals surface area contributed by atoms with Crippen LogP contribution in [0.4, 0.5) is 11.4 Å². The lowest BCUT2D eigenvalue weighted by molar-refractivity contribution is 0.414. The van der Waals surface area contributed by atoms with E-state index in [1.54, 1.807) is 7.11 Å². The lowest BCUT2D eigenvalue weighted by atomic mass is 10.0. The standard InChI is InChI=1S/C20H27ClN2O/c1-6-23(7-2)19-11-9-17(24-5)14-16(19)12-15-8-10-20(22(3)4)18(21)13-15/h8-11,13-14H,6-7,12H2,1-5H3. The molecule has 2 aromatic rings. The van der Waals surface area contributed by atoms with Crippen molar-refractivity contribution in [1.82, 2.24) is 0 Å². The van der Waals surface area contributed by atoms with Gasteiger partial charge < -0.3 is 14.5 Å². The van der Waals surface area contributed by atoms with Crippen molar-refractivity contribution >= 4 is 23.0 Å². The van der Waals surface area contributed by atoms with Crippen LogP contribution in [0.25, 0.3) is 0 Å². The molecule has 0 saturated heterocycles. The molecule has 0 bridgehead atoms. The Balaban J connectivity index is 2.38. The lowest BCUT2D eigenvalue weighted by Gasteiger charge is -2.25. The highest BCUT2D eigenvalue weighted by atomic mass is 35.5. The lowest BCUT2D eigenvalue weighted by Crippen LogP contribution is -2.23. The van der Waals surface area contributed by atoms with E-state index in [0.29, 0.717) is 0 Å². The summed E-state index contributed by atoms with van der Waals surface area (Å²) in [6.07, 6.45) is 0.830. The van der Waals surface area contributed by atoms with Crippen molar-refractivity contribution in [2.24, 2.45) is 0 Å². The molecule has 0 amide bonds. The number of nitrogens with zero attached hydrogens (tertiary/aromatic N) is 2. The van der Waals surface area contributed by atoms with Crippen LogP contribution in [-0.2, 0) is 6.42 Å². The first-order valence-corrected chi connectivity index (χ1v) is 8.75. The number of rotatable bonds is 7. The monoisotopic (exact) mass is 346 g/mol. The second-order valence-corrected chi connectivity index (χ2v) is 6.43. The summed E-state index contributed by atoms with van der Waals surface area (Å²) in [4.78, 5) is 4.39. The van der Waals surface area contributed by atoms with Gasteiger partial charge in [0.15, 0.2) is 0 Å². The Morgan fingerprint density at radius 1 is 0.958 bits per heavy atom. The molecule has 0 N–H and O–H groups in total. The van der Waals surface area contributed by atoms with Gasteiger partial charge in [0, 0.05) is 32.9 Å². The van der Waals surface area contributed by atoms with Gasteiger partial charge in [-0.3, -0.25) is 0 Å². The Hall–Kier alpha value is -1.87. The summed E-state index contributed by atoms with van der Waals surface area (Å²) >= 11 is 6.43. The minimum atomic E-state index is 0.782. The predicted octanol–water partition coefficient (Wildman–Crippen LogP) is 4.85. The molecule has 0 aliphatic rings. The summed E-state index contributed by atoms with van der Waals surface area (Å²) < 4.78 is 5.42. The van der Waals surface area contributed by atoms with Crippen LogP contribution in [-0.4, -0.2) is 34.3 Å². The first kappa shape index (κ1) is 18.5. The maximum absolute atomic E-state index is 6.43. The van der Waals surface area contributed by atoms with Gasteiger partial charge in [-0.05, 0) is 61.7 Å². The van der Waals surface area contributed by atoms with Crippen molar-refractivity contribution in [2.75, 3.05) is 44.1 Å². The molecule has 0 radical (unpaired) electrons. The first-order chi connectivity index (χ1) is 11.5. The van der Waals surface area contributed by atoms with E-state index in [9.17, 15) is 0 Å². The summed E-state index contributed by atoms with van der Waals surface area (Å²) in [5.74, 6) is 0.886. The second-order valence-electron chi connectivity index (χ2n) is 6.02. The molecule has 0 atom stereocenters. The molecule has 0 spiro atoms. The molecule has 0 fully saturated rings. The van der Waals surface area contributed by atoms with Gasteiger partial charge in [-0.25, -0.2) is 0 Å². The molecule has 0 aromatic heterocycles. The summed E-state index contributed by atoms with van der Waals surface area (Å²) in [7, 11) is 5.71. The number of anilines is 2. The molecule has 130 valence electrons. The van der Waals surface area contributed by atoms with Crippen LogP contribution in [0.3, 0.4) is 0 Å². The third-order valence-electron chi connectivity index (χ3n) is 4.28. The van der Waals surface area contributed by atoms with E-state index < -0.39 is 0 Å². The van der Waals surface area contributed by atoms with Gasteiger partial charge in [-0.2, -0.15) is 0 Å². The van der Waals surface area contributed by atoms with Crippen molar-refractivity contribution in [3.05, 3.63) is 52.5 Å². The van der Waals surface area contributed by atoms with Crippen LogP contribution in [0.2, 0.25) is 5.02 Å². The molecule has 0 unspecified atom stereocenters. The van der Waals surface area contributed by atoms with Crippen molar-refractivity contribution in [3.8, 4) is 5.75 Å². The molecular formula is C20H27ClN2O. The third-order valence-corrected chi connectivity index (χ3v) is 4.58. The fraction of sp³-hybridized carbons (Fsp3) is 0.400. The minimum absolute atomic E-state index is 0.782. The Morgan fingerprint density at radius 2 is 1.62 bits per heavy atom. The van der Waals surface area contributed by atoms with E-state index in [4.69, 9.17) is 16.3 Å². The maximum Gasteiger partial charge on any atom is 0.119 e. The number of ether oxygens (including phenoxy) is 1. The molecule has 4 heteroatoms. The zero-order chi connectivity index (χ0) is 17.7. The van der Waals surface area contributed by atoms with E-state index in [2.05, 4.69) is 49.1 Å². The highest BCUT2D eigenvalue weighted by Crippen LogP contribution is 2.30. The zero-order valence-corrected chi connectivity index (χ0v) is 16.0. The fourth-order valence-electron chi connectivity index (χ4n) is 2.95. The number of hydrogen-bond acceptors (Lipinski definition) is 3. The maximum atomic E-state index is 6.43. The Morgan fingerprint density at radius 3 is 2.17 bits per heavy atom. The number of halogens is 1. The highest BCUT2D eigenvalue weighted by molar-refractivity contribution is 6.33. The summed E-state index contributed by atoms with van der Waals surface area (Å²) in [5.41, 5.74) is 4.75. The molecule has 2 rings (SSSR count). The van der Waals surface area contributed by atoms with Gasteiger partial charge in [0.1, 0.15) is 5.75 Å². The molecule has 0 aliphatic heterocycles. The van der Waals surface area contributed by atoms with Gasteiger partial charge in [0.25, 0.3) is 0 Å². The zero-order valence-electron chi connectivity index (χ0n) is 15.3. The first-order valence-electron chi connectivity index (χ1n) is 8.37. The average Bonchev–Trinajstić information content (AvgIpc) is 2.56. The van der Waals surface area contributed by atoms with Crippen molar-refractivity contribution in [1.29, 1.82) is 0 Å². The second kappa shape index (κ2) is 8.29. The topological polar surface area (TPSA) is 15.7 Å².